The Morgan fingerprint density at radius 3 is 2.65 bits per heavy atom. The molecule has 1 saturated carbocycles. The fraction of sp³-hybridized carbons (Fsp3) is 0.562. The lowest BCUT2D eigenvalue weighted by atomic mass is 9.72. The lowest BCUT2D eigenvalue weighted by Gasteiger charge is -2.38. The zero-order valence-corrected chi connectivity index (χ0v) is 11.5. The fourth-order valence-corrected chi connectivity index (χ4v) is 2.97. The maximum atomic E-state index is 10.7. The molecule has 3 rings (SSSR count). The molecule has 0 radical (unpaired) electrons. The molecule has 0 aromatic heterocycles. The molecule has 4 heteroatoms. The first-order valence-electron chi connectivity index (χ1n) is 7.27. The number of nitrogens with zero attached hydrogens (tertiary/aromatic N) is 1. The second-order valence-electron chi connectivity index (χ2n) is 5.51. The van der Waals surface area contributed by atoms with E-state index in [4.69, 9.17) is 9.47 Å². The normalized spacial score (nSPS) is 21.6. The van der Waals surface area contributed by atoms with E-state index in [1.807, 2.05) is 24.3 Å². The van der Waals surface area contributed by atoms with Gasteiger partial charge in [-0.15, -0.1) is 0 Å². The van der Waals surface area contributed by atoms with Crippen molar-refractivity contribution in [2.24, 2.45) is 4.99 Å². The summed E-state index contributed by atoms with van der Waals surface area (Å²) < 4.78 is 11.5. The standard InChI is InChI=1S/C16H19NO3/c18-12-17-16(8-3-9-16)14-4-1-2-5-15(14)20-13-6-10-19-11-7-13/h1-2,4-5,13H,3,6-11H2. The van der Waals surface area contributed by atoms with E-state index >= 15 is 0 Å². The minimum atomic E-state index is -0.399. The smallest absolute Gasteiger partial charge is 0.235 e. The molecule has 4 nitrogen and oxygen atoms in total. The zero-order chi connectivity index (χ0) is 13.8. The van der Waals surface area contributed by atoms with Crippen LogP contribution in [0, 0.1) is 0 Å². The Morgan fingerprint density at radius 1 is 1.25 bits per heavy atom. The van der Waals surface area contributed by atoms with E-state index in [1.165, 1.54) is 0 Å². The number of carbonyl (C=O) groups excluding carboxylic acids is 1. The van der Waals surface area contributed by atoms with Crippen molar-refractivity contribution in [3.8, 4) is 5.75 Å². The second-order valence-corrected chi connectivity index (χ2v) is 5.51. The van der Waals surface area contributed by atoms with E-state index in [0.717, 1.165) is 56.6 Å². The van der Waals surface area contributed by atoms with Crippen LogP contribution in [0.2, 0.25) is 0 Å². The lowest BCUT2D eigenvalue weighted by Crippen LogP contribution is -2.33. The van der Waals surface area contributed by atoms with Crippen LogP contribution in [0.15, 0.2) is 29.3 Å². The number of para-hydroxylation sites is 1. The highest BCUT2D eigenvalue weighted by Gasteiger charge is 2.41. The summed E-state index contributed by atoms with van der Waals surface area (Å²) in [6.45, 7) is 1.51. The van der Waals surface area contributed by atoms with Crippen LogP contribution >= 0.6 is 0 Å². The molecular formula is C16H19NO3. The van der Waals surface area contributed by atoms with Gasteiger partial charge in [0.2, 0.25) is 6.08 Å². The van der Waals surface area contributed by atoms with Gasteiger partial charge < -0.3 is 9.47 Å². The van der Waals surface area contributed by atoms with E-state index < -0.39 is 5.54 Å². The number of hydrogen-bond acceptors (Lipinski definition) is 4. The van der Waals surface area contributed by atoms with Crippen molar-refractivity contribution in [3.05, 3.63) is 29.8 Å². The Bertz CT molecular complexity index is 512. The molecule has 0 spiro atoms. The molecule has 106 valence electrons. The highest BCUT2D eigenvalue weighted by atomic mass is 16.5. The largest absolute Gasteiger partial charge is 0.490 e. The van der Waals surface area contributed by atoms with E-state index in [0.29, 0.717) is 0 Å². The van der Waals surface area contributed by atoms with Crippen LogP contribution in [0.3, 0.4) is 0 Å². The van der Waals surface area contributed by atoms with Gasteiger partial charge in [0.1, 0.15) is 17.4 Å². The SMILES string of the molecule is O=C=NC1(c2ccccc2OC2CCOCC2)CCC1. The molecule has 2 aliphatic rings. The van der Waals surface area contributed by atoms with Crippen LogP contribution in [-0.4, -0.2) is 25.4 Å². The van der Waals surface area contributed by atoms with Crippen molar-refractivity contribution < 1.29 is 14.3 Å². The van der Waals surface area contributed by atoms with Crippen LogP contribution in [-0.2, 0) is 15.1 Å². The Hall–Kier alpha value is -1.64. The molecule has 20 heavy (non-hydrogen) atoms. The number of isocyanates is 1. The quantitative estimate of drug-likeness (QED) is 0.626. The summed E-state index contributed by atoms with van der Waals surface area (Å²) in [4.78, 5) is 14.8. The molecule has 0 bridgehead atoms. The predicted octanol–water partition coefficient (Wildman–Crippen LogP) is 2.96. The summed E-state index contributed by atoms with van der Waals surface area (Å²) >= 11 is 0. The first-order chi connectivity index (χ1) is 9.84. The molecule has 1 aliphatic carbocycles. The number of hydrogen-bond donors (Lipinski definition) is 0. The zero-order valence-electron chi connectivity index (χ0n) is 11.5. The van der Waals surface area contributed by atoms with Crippen LogP contribution in [0.4, 0.5) is 0 Å². The summed E-state index contributed by atoms with van der Waals surface area (Å²) in [5.41, 5.74) is 0.629. The van der Waals surface area contributed by atoms with Gasteiger partial charge >= 0.3 is 0 Å². The highest BCUT2D eigenvalue weighted by Crippen LogP contribution is 2.48. The number of aliphatic imine (C=N–C) groups is 1. The molecule has 1 saturated heterocycles. The summed E-state index contributed by atoms with van der Waals surface area (Å²) in [5, 5.41) is 0. The van der Waals surface area contributed by atoms with E-state index in [1.54, 1.807) is 6.08 Å². The maximum Gasteiger partial charge on any atom is 0.235 e. The molecule has 0 unspecified atom stereocenters. The predicted molar refractivity (Wildman–Crippen MR) is 74.6 cm³/mol. The Morgan fingerprint density at radius 2 is 2.00 bits per heavy atom. The third-order valence-corrected chi connectivity index (χ3v) is 4.29. The van der Waals surface area contributed by atoms with Gasteiger partial charge in [0.15, 0.2) is 0 Å². The van der Waals surface area contributed by atoms with Gasteiger partial charge in [-0.25, -0.2) is 4.79 Å². The average Bonchev–Trinajstić information content (AvgIpc) is 2.45. The third kappa shape index (κ3) is 2.49. The van der Waals surface area contributed by atoms with Crippen molar-refractivity contribution >= 4 is 6.08 Å². The molecule has 1 aliphatic heterocycles. The maximum absolute atomic E-state index is 10.7. The topological polar surface area (TPSA) is 47.9 Å². The molecule has 0 amide bonds. The van der Waals surface area contributed by atoms with Gasteiger partial charge in [-0.05, 0) is 25.3 Å². The van der Waals surface area contributed by atoms with Crippen LogP contribution in [0.5, 0.6) is 5.75 Å². The number of ether oxygens (including phenoxy) is 2. The number of rotatable bonds is 4. The minimum Gasteiger partial charge on any atom is -0.490 e. The van der Waals surface area contributed by atoms with Crippen molar-refractivity contribution in [1.29, 1.82) is 0 Å². The van der Waals surface area contributed by atoms with Crippen molar-refractivity contribution in [3.63, 3.8) is 0 Å². The summed E-state index contributed by atoms with van der Waals surface area (Å²) in [6.07, 6.45) is 6.66. The van der Waals surface area contributed by atoms with E-state index in [-0.39, 0.29) is 6.10 Å². The molecule has 2 fully saturated rings. The van der Waals surface area contributed by atoms with E-state index in [9.17, 15) is 4.79 Å². The molecule has 1 heterocycles. The van der Waals surface area contributed by atoms with Gasteiger partial charge in [0.05, 0.1) is 13.2 Å². The summed E-state index contributed by atoms with van der Waals surface area (Å²) in [5.74, 6) is 0.859. The Balaban J connectivity index is 1.85. The van der Waals surface area contributed by atoms with Crippen molar-refractivity contribution in [1.82, 2.24) is 0 Å². The van der Waals surface area contributed by atoms with Gasteiger partial charge in [0.25, 0.3) is 0 Å². The van der Waals surface area contributed by atoms with Gasteiger partial charge in [-0.2, -0.15) is 4.99 Å². The Kier molecular flexibility index (Phi) is 3.86. The van der Waals surface area contributed by atoms with Crippen LogP contribution in [0.25, 0.3) is 0 Å². The van der Waals surface area contributed by atoms with Crippen LogP contribution < -0.4 is 4.74 Å². The first kappa shape index (κ1) is 13.3. The highest BCUT2D eigenvalue weighted by molar-refractivity contribution is 5.45. The second kappa shape index (κ2) is 5.78. The van der Waals surface area contributed by atoms with Crippen molar-refractivity contribution in [2.45, 2.75) is 43.7 Å². The van der Waals surface area contributed by atoms with Gasteiger partial charge in [0, 0.05) is 18.4 Å². The monoisotopic (exact) mass is 273 g/mol. The molecular weight excluding hydrogens is 254 g/mol. The molecule has 1 aromatic rings. The Labute approximate surface area is 118 Å². The molecule has 0 atom stereocenters. The summed E-state index contributed by atoms with van der Waals surface area (Å²) in [7, 11) is 0. The first-order valence-corrected chi connectivity index (χ1v) is 7.27. The average molecular weight is 273 g/mol. The van der Waals surface area contributed by atoms with Crippen LogP contribution in [0.1, 0.15) is 37.7 Å². The van der Waals surface area contributed by atoms with Crippen molar-refractivity contribution in [2.75, 3.05) is 13.2 Å². The fourth-order valence-electron chi connectivity index (χ4n) is 2.97. The summed E-state index contributed by atoms with van der Waals surface area (Å²) in [6, 6.07) is 7.95. The minimum absolute atomic E-state index is 0.197. The third-order valence-electron chi connectivity index (χ3n) is 4.29. The van der Waals surface area contributed by atoms with Gasteiger partial charge in [-0.3, -0.25) is 0 Å². The molecule has 0 N–H and O–H groups in total. The van der Waals surface area contributed by atoms with E-state index in [2.05, 4.69) is 4.99 Å². The lowest BCUT2D eigenvalue weighted by molar-refractivity contribution is 0.0243. The number of benzene rings is 1. The molecule has 1 aromatic carbocycles. The van der Waals surface area contributed by atoms with Gasteiger partial charge in [-0.1, -0.05) is 18.2 Å².